The van der Waals surface area contributed by atoms with Crippen molar-refractivity contribution in [3.63, 3.8) is 0 Å². The zero-order valence-electron chi connectivity index (χ0n) is 8.96. The van der Waals surface area contributed by atoms with Gasteiger partial charge in [-0.25, -0.2) is 0 Å². The minimum atomic E-state index is -0.386. The summed E-state index contributed by atoms with van der Waals surface area (Å²) in [6, 6.07) is 0.409. The van der Waals surface area contributed by atoms with E-state index < -0.39 is 0 Å². The molecule has 1 rings (SSSR count). The Hall–Kier alpha value is -0.570. The van der Waals surface area contributed by atoms with E-state index in [4.69, 9.17) is 4.74 Å². The Morgan fingerprint density at radius 2 is 2.15 bits per heavy atom. The largest absolute Gasteiger partial charge is 0.468 e. The van der Waals surface area contributed by atoms with Crippen LogP contribution in [0.2, 0.25) is 0 Å². The van der Waals surface area contributed by atoms with Gasteiger partial charge in [-0.2, -0.15) is 0 Å². The lowest BCUT2D eigenvalue weighted by Crippen LogP contribution is -2.51. The Kier molecular flexibility index (Phi) is 2.96. The molecular formula is C10H19NO2. The Balaban J connectivity index is 2.81. The van der Waals surface area contributed by atoms with E-state index in [2.05, 4.69) is 18.7 Å². The summed E-state index contributed by atoms with van der Waals surface area (Å²) in [7, 11) is 1.46. The molecule has 1 atom stereocenters. The minimum Gasteiger partial charge on any atom is -0.468 e. The van der Waals surface area contributed by atoms with Gasteiger partial charge in [0.2, 0.25) is 0 Å². The second-order valence-electron chi connectivity index (χ2n) is 4.16. The molecule has 1 aliphatic rings. The van der Waals surface area contributed by atoms with Gasteiger partial charge in [0.25, 0.3) is 0 Å². The first-order valence-corrected chi connectivity index (χ1v) is 4.87. The molecule has 0 N–H and O–H groups in total. The molecule has 0 spiro atoms. The fourth-order valence-corrected chi connectivity index (χ4v) is 2.25. The molecule has 76 valence electrons. The summed E-state index contributed by atoms with van der Waals surface area (Å²) < 4.78 is 4.84. The maximum absolute atomic E-state index is 11.6. The van der Waals surface area contributed by atoms with Crippen LogP contribution in [0.3, 0.4) is 0 Å². The second-order valence-corrected chi connectivity index (χ2v) is 4.16. The van der Waals surface area contributed by atoms with Gasteiger partial charge in [-0.15, -0.1) is 0 Å². The van der Waals surface area contributed by atoms with Crippen molar-refractivity contribution in [3.8, 4) is 0 Å². The Labute approximate surface area is 80.1 Å². The normalized spacial score (nSPS) is 29.6. The Morgan fingerprint density at radius 1 is 1.54 bits per heavy atom. The fourth-order valence-electron chi connectivity index (χ4n) is 2.25. The maximum atomic E-state index is 11.6. The first-order valence-electron chi connectivity index (χ1n) is 4.87. The standard InChI is InChI=1S/C10H19NO2/c1-8(2)11-7-5-6-10(11,3)9(12)13-4/h8H,5-7H2,1-4H3/t10-/m1/s1. The molecule has 1 saturated heterocycles. The average Bonchev–Trinajstić information content (AvgIpc) is 2.47. The van der Waals surface area contributed by atoms with Crippen LogP contribution in [0, 0.1) is 0 Å². The number of carbonyl (C=O) groups is 1. The summed E-state index contributed by atoms with van der Waals surface area (Å²) in [6.45, 7) is 7.22. The number of hydrogen-bond acceptors (Lipinski definition) is 3. The van der Waals surface area contributed by atoms with Crippen LogP contribution in [0.1, 0.15) is 33.6 Å². The smallest absolute Gasteiger partial charge is 0.325 e. The molecule has 0 saturated carbocycles. The van der Waals surface area contributed by atoms with E-state index in [0.717, 1.165) is 19.4 Å². The number of hydrogen-bond donors (Lipinski definition) is 0. The number of esters is 1. The van der Waals surface area contributed by atoms with Crippen molar-refractivity contribution >= 4 is 5.97 Å². The van der Waals surface area contributed by atoms with Crippen molar-refractivity contribution in [3.05, 3.63) is 0 Å². The van der Waals surface area contributed by atoms with Crippen molar-refractivity contribution in [2.75, 3.05) is 13.7 Å². The van der Waals surface area contributed by atoms with Gasteiger partial charge in [0, 0.05) is 6.04 Å². The highest BCUT2D eigenvalue weighted by molar-refractivity contribution is 5.80. The Morgan fingerprint density at radius 3 is 2.62 bits per heavy atom. The summed E-state index contributed by atoms with van der Waals surface area (Å²) in [5.74, 6) is -0.0984. The molecular weight excluding hydrogens is 166 g/mol. The number of ether oxygens (including phenoxy) is 1. The van der Waals surface area contributed by atoms with Crippen molar-refractivity contribution in [2.24, 2.45) is 0 Å². The van der Waals surface area contributed by atoms with Gasteiger partial charge < -0.3 is 4.74 Å². The molecule has 1 fully saturated rings. The van der Waals surface area contributed by atoms with E-state index in [-0.39, 0.29) is 11.5 Å². The molecule has 1 heterocycles. The summed E-state index contributed by atoms with van der Waals surface area (Å²) in [4.78, 5) is 13.8. The molecule has 0 amide bonds. The zero-order valence-corrected chi connectivity index (χ0v) is 8.96. The third-order valence-electron chi connectivity index (χ3n) is 2.94. The van der Waals surface area contributed by atoms with Crippen LogP contribution in [0.4, 0.5) is 0 Å². The molecule has 13 heavy (non-hydrogen) atoms. The van der Waals surface area contributed by atoms with E-state index >= 15 is 0 Å². The predicted molar refractivity (Wildman–Crippen MR) is 51.5 cm³/mol. The van der Waals surface area contributed by atoms with Crippen molar-refractivity contribution in [1.82, 2.24) is 4.90 Å². The molecule has 1 aliphatic heterocycles. The van der Waals surface area contributed by atoms with E-state index in [9.17, 15) is 4.79 Å². The zero-order chi connectivity index (χ0) is 10.1. The van der Waals surface area contributed by atoms with E-state index in [1.54, 1.807) is 0 Å². The monoisotopic (exact) mass is 185 g/mol. The first-order chi connectivity index (χ1) is 6.02. The van der Waals surface area contributed by atoms with Crippen LogP contribution in [0.25, 0.3) is 0 Å². The second kappa shape index (κ2) is 3.66. The minimum absolute atomic E-state index is 0.0984. The highest BCUT2D eigenvalue weighted by Gasteiger charge is 2.45. The highest BCUT2D eigenvalue weighted by atomic mass is 16.5. The Bertz CT molecular complexity index is 203. The average molecular weight is 185 g/mol. The topological polar surface area (TPSA) is 29.5 Å². The van der Waals surface area contributed by atoms with Gasteiger partial charge in [0.05, 0.1) is 7.11 Å². The molecule has 0 radical (unpaired) electrons. The van der Waals surface area contributed by atoms with E-state index in [0.29, 0.717) is 6.04 Å². The number of methoxy groups -OCH3 is 1. The molecule has 0 aromatic carbocycles. The van der Waals surface area contributed by atoms with Crippen LogP contribution in [-0.2, 0) is 9.53 Å². The van der Waals surface area contributed by atoms with Gasteiger partial charge >= 0.3 is 5.97 Å². The van der Waals surface area contributed by atoms with Crippen molar-refractivity contribution in [2.45, 2.75) is 45.2 Å². The maximum Gasteiger partial charge on any atom is 0.325 e. The van der Waals surface area contributed by atoms with Crippen molar-refractivity contribution < 1.29 is 9.53 Å². The quantitative estimate of drug-likeness (QED) is 0.609. The summed E-state index contributed by atoms with van der Waals surface area (Å²) >= 11 is 0. The molecule has 0 aliphatic carbocycles. The molecule has 0 bridgehead atoms. The van der Waals surface area contributed by atoms with Crippen LogP contribution >= 0.6 is 0 Å². The van der Waals surface area contributed by atoms with Crippen LogP contribution in [0.5, 0.6) is 0 Å². The number of likely N-dealkylation sites (tertiary alicyclic amines) is 1. The summed E-state index contributed by atoms with van der Waals surface area (Å²) in [5, 5.41) is 0. The van der Waals surface area contributed by atoms with Gasteiger partial charge in [-0.1, -0.05) is 0 Å². The van der Waals surface area contributed by atoms with Gasteiger partial charge in [-0.05, 0) is 40.2 Å². The molecule has 0 aromatic rings. The SMILES string of the molecule is COC(=O)[C@@]1(C)CCCN1C(C)C. The first kappa shape index (κ1) is 10.5. The van der Waals surface area contributed by atoms with Gasteiger partial charge in [0.1, 0.15) is 5.54 Å². The van der Waals surface area contributed by atoms with E-state index in [1.807, 2.05) is 6.92 Å². The molecule has 3 heteroatoms. The van der Waals surface area contributed by atoms with Crippen LogP contribution < -0.4 is 0 Å². The lowest BCUT2D eigenvalue weighted by molar-refractivity contribution is -0.153. The molecule has 3 nitrogen and oxygen atoms in total. The highest BCUT2D eigenvalue weighted by Crippen LogP contribution is 2.31. The number of nitrogens with zero attached hydrogens (tertiary/aromatic N) is 1. The summed E-state index contributed by atoms with van der Waals surface area (Å²) in [6.07, 6.45) is 2.00. The van der Waals surface area contributed by atoms with Crippen LogP contribution in [-0.4, -0.2) is 36.1 Å². The molecule has 0 aromatic heterocycles. The lowest BCUT2D eigenvalue weighted by Gasteiger charge is -2.35. The predicted octanol–water partition coefficient (Wildman–Crippen LogP) is 1.42. The van der Waals surface area contributed by atoms with Gasteiger partial charge in [0.15, 0.2) is 0 Å². The number of rotatable bonds is 2. The van der Waals surface area contributed by atoms with Gasteiger partial charge in [-0.3, -0.25) is 9.69 Å². The number of carbonyl (C=O) groups excluding carboxylic acids is 1. The molecule has 0 unspecified atom stereocenters. The third kappa shape index (κ3) is 1.70. The third-order valence-corrected chi connectivity index (χ3v) is 2.94. The van der Waals surface area contributed by atoms with Crippen LogP contribution in [0.15, 0.2) is 0 Å². The van der Waals surface area contributed by atoms with Crippen molar-refractivity contribution in [1.29, 1.82) is 0 Å². The lowest BCUT2D eigenvalue weighted by atomic mass is 9.98. The van der Waals surface area contributed by atoms with E-state index in [1.165, 1.54) is 7.11 Å². The summed E-state index contributed by atoms with van der Waals surface area (Å²) in [5.41, 5.74) is -0.386. The fraction of sp³-hybridized carbons (Fsp3) is 0.900.